The first kappa shape index (κ1) is 12.9. The molecule has 0 N–H and O–H groups in total. The first-order chi connectivity index (χ1) is 9.37. The Hall–Kier alpha value is -2.10. The summed E-state index contributed by atoms with van der Waals surface area (Å²) in [4.78, 5) is 23.3. The number of fused-ring (bicyclic) bond motifs is 2. The fourth-order valence-corrected chi connectivity index (χ4v) is 2.61. The lowest BCUT2D eigenvalue weighted by molar-refractivity contribution is -0.116. The van der Waals surface area contributed by atoms with E-state index in [1.54, 1.807) is 6.07 Å². The number of carbonyl (C=O) groups excluding carboxylic acids is 2. The number of esters is 1. The van der Waals surface area contributed by atoms with Crippen molar-refractivity contribution >= 4 is 17.8 Å². The summed E-state index contributed by atoms with van der Waals surface area (Å²) >= 11 is 0. The van der Waals surface area contributed by atoms with E-state index in [4.69, 9.17) is 9.47 Å². The van der Waals surface area contributed by atoms with Gasteiger partial charge in [-0.1, -0.05) is 6.08 Å². The largest absolute Gasteiger partial charge is 0.483 e. The molecule has 2 aliphatic rings. The molecule has 0 amide bonds. The summed E-state index contributed by atoms with van der Waals surface area (Å²) in [5, 5.41) is 0. The molecule has 0 aliphatic carbocycles. The van der Waals surface area contributed by atoms with Crippen LogP contribution >= 0.6 is 0 Å². The van der Waals surface area contributed by atoms with Crippen molar-refractivity contribution in [2.24, 2.45) is 0 Å². The zero-order chi connectivity index (χ0) is 14.5. The summed E-state index contributed by atoms with van der Waals surface area (Å²) in [5.41, 5.74) is 2.53. The molecule has 20 heavy (non-hydrogen) atoms. The maximum absolute atomic E-state index is 11.7. The Morgan fingerprint density at radius 2 is 2.15 bits per heavy atom. The first-order valence-corrected chi connectivity index (χ1v) is 6.61. The van der Waals surface area contributed by atoms with Crippen LogP contribution in [0.25, 0.3) is 6.08 Å². The van der Waals surface area contributed by atoms with Crippen LogP contribution in [-0.2, 0) is 22.6 Å². The zero-order valence-electron chi connectivity index (χ0n) is 11.8. The molecular weight excluding hydrogens is 256 g/mol. The van der Waals surface area contributed by atoms with Gasteiger partial charge in [0.25, 0.3) is 0 Å². The number of hydrogen-bond donors (Lipinski definition) is 0. The summed E-state index contributed by atoms with van der Waals surface area (Å²) in [6.45, 7) is 5.67. The van der Waals surface area contributed by atoms with Crippen LogP contribution in [0.4, 0.5) is 0 Å². The van der Waals surface area contributed by atoms with Crippen LogP contribution in [0.3, 0.4) is 0 Å². The van der Waals surface area contributed by atoms with Gasteiger partial charge in [-0.25, -0.2) is 4.79 Å². The van der Waals surface area contributed by atoms with Gasteiger partial charge in [0.05, 0.1) is 5.56 Å². The predicted molar refractivity (Wildman–Crippen MR) is 73.7 cm³/mol. The zero-order valence-corrected chi connectivity index (χ0v) is 11.8. The molecule has 0 saturated heterocycles. The van der Waals surface area contributed by atoms with E-state index in [2.05, 4.69) is 0 Å². The molecule has 4 nitrogen and oxygen atoms in total. The molecule has 0 unspecified atom stereocenters. The third kappa shape index (κ3) is 2.01. The third-order valence-electron chi connectivity index (χ3n) is 3.55. The highest BCUT2D eigenvalue weighted by atomic mass is 16.5. The average molecular weight is 272 g/mol. The van der Waals surface area contributed by atoms with Gasteiger partial charge in [-0.15, -0.1) is 0 Å². The smallest absolute Gasteiger partial charge is 0.338 e. The highest BCUT2D eigenvalue weighted by molar-refractivity contribution is 5.96. The highest BCUT2D eigenvalue weighted by Crippen LogP contribution is 2.40. The van der Waals surface area contributed by atoms with E-state index in [1.807, 2.05) is 26.0 Å². The summed E-state index contributed by atoms with van der Waals surface area (Å²) < 4.78 is 11.1. The number of Topliss-reactive ketones (excluding diaryl/α,β-unsaturated/α-hetero) is 1. The fraction of sp³-hybridized carbons (Fsp3) is 0.375. The Bertz CT molecular complexity index is 653. The molecule has 0 saturated carbocycles. The topological polar surface area (TPSA) is 52.6 Å². The van der Waals surface area contributed by atoms with Gasteiger partial charge in [0, 0.05) is 23.1 Å². The predicted octanol–water partition coefficient (Wildman–Crippen LogP) is 2.67. The molecule has 0 radical (unpaired) electrons. The van der Waals surface area contributed by atoms with Crippen LogP contribution < -0.4 is 4.74 Å². The molecule has 2 aliphatic heterocycles. The molecule has 3 rings (SSSR count). The van der Waals surface area contributed by atoms with Gasteiger partial charge >= 0.3 is 5.97 Å². The lowest BCUT2D eigenvalue weighted by Crippen LogP contribution is -2.28. The van der Waals surface area contributed by atoms with Crippen molar-refractivity contribution < 1.29 is 19.1 Å². The summed E-state index contributed by atoms with van der Waals surface area (Å²) in [7, 11) is 0. The van der Waals surface area contributed by atoms with Crippen molar-refractivity contribution in [1.29, 1.82) is 0 Å². The normalized spacial score (nSPS) is 18.1. The average Bonchev–Trinajstić information content (AvgIpc) is 2.71. The number of hydrogen-bond acceptors (Lipinski definition) is 4. The summed E-state index contributed by atoms with van der Waals surface area (Å²) in [5.74, 6) is 0.409. The van der Waals surface area contributed by atoms with Gasteiger partial charge in [0.15, 0.2) is 0 Å². The Morgan fingerprint density at radius 3 is 2.85 bits per heavy atom. The SMILES string of the molecule is CC(=O)Cc1c2c(cc3c1OC(C)(C)C=C3)C(=O)OC2. The first-order valence-electron chi connectivity index (χ1n) is 6.61. The molecule has 104 valence electrons. The molecule has 1 aromatic rings. The second kappa shape index (κ2) is 4.20. The molecule has 0 aromatic heterocycles. The van der Waals surface area contributed by atoms with Gasteiger partial charge in [0.2, 0.25) is 0 Å². The van der Waals surface area contributed by atoms with Crippen LogP contribution in [0.5, 0.6) is 5.75 Å². The van der Waals surface area contributed by atoms with Gasteiger partial charge in [-0.2, -0.15) is 0 Å². The molecule has 2 heterocycles. The minimum atomic E-state index is -0.420. The Kier molecular flexibility index (Phi) is 2.71. The van der Waals surface area contributed by atoms with Crippen LogP contribution in [0.1, 0.15) is 47.8 Å². The minimum Gasteiger partial charge on any atom is -0.483 e. The second-order valence-electron chi connectivity index (χ2n) is 5.79. The van der Waals surface area contributed by atoms with E-state index in [1.165, 1.54) is 6.92 Å². The lowest BCUT2D eigenvalue weighted by atomic mass is 9.91. The fourth-order valence-electron chi connectivity index (χ4n) is 2.61. The highest BCUT2D eigenvalue weighted by Gasteiger charge is 2.32. The molecule has 0 bridgehead atoms. The minimum absolute atomic E-state index is 0.0379. The van der Waals surface area contributed by atoms with Gasteiger partial charge in [-0.3, -0.25) is 4.79 Å². The Labute approximate surface area is 117 Å². The number of cyclic esters (lactones) is 1. The quantitative estimate of drug-likeness (QED) is 0.777. The van der Waals surface area contributed by atoms with Crippen LogP contribution in [0.2, 0.25) is 0 Å². The van der Waals surface area contributed by atoms with Crippen molar-refractivity contribution in [3.8, 4) is 5.75 Å². The van der Waals surface area contributed by atoms with Gasteiger partial charge in [-0.05, 0) is 32.9 Å². The van der Waals surface area contributed by atoms with Crippen molar-refractivity contribution in [3.63, 3.8) is 0 Å². The van der Waals surface area contributed by atoms with Crippen molar-refractivity contribution in [2.45, 2.75) is 39.4 Å². The summed E-state index contributed by atoms with van der Waals surface area (Å²) in [6.07, 6.45) is 4.14. The standard InChI is InChI=1S/C16H16O4/c1-9(17)6-11-13-8-19-15(18)12(13)7-10-4-5-16(2,3)20-14(10)11/h4-5,7H,6,8H2,1-3H3. The van der Waals surface area contributed by atoms with Crippen molar-refractivity contribution in [3.05, 3.63) is 34.4 Å². The lowest BCUT2D eigenvalue weighted by Gasteiger charge is -2.30. The number of benzene rings is 1. The molecule has 4 heteroatoms. The number of ketones is 1. The van der Waals surface area contributed by atoms with E-state index >= 15 is 0 Å². The summed E-state index contributed by atoms with van der Waals surface area (Å²) in [6, 6.07) is 1.79. The monoisotopic (exact) mass is 272 g/mol. The molecule has 0 spiro atoms. The number of carbonyl (C=O) groups is 2. The maximum atomic E-state index is 11.7. The Morgan fingerprint density at radius 1 is 1.40 bits per heavy atom. The molecule has 0 atom stereocenters. The van der Waals surface area contributed by atoms with E-state index in [0.29, 0.717) is 11.3 Å². The van der Waals surface area contributed by atoms with Crippen LogP contribution in [-0.4, -0.2) is 17.4 Å². The van der Waals surface area contributed by atoms with Crippen molar-refractivity contribution in [1.82, 2.24) is 0 Å². The number of rotatable bonds is 2. The molecule has 1 aromatic carbocycles. The third-order valence-corrected chi connectivity index (χ3v) is 3.55. The van der Waals surface area contributed by atoms with E-state index < -0.39 is 5.60 Å². The molecular formula is C16H16O4. The van der Waals surface area contributed by atoms with Crippen LogP contribution in [0.15, 0.2) is 12.1 Å². The van der Waals surface area contributed by atoms with E-state index in [9.17, 15) is 9.59 Å². The second-order valence-corrected chi connectivity index (χ2v) is 5.79. The number of ether oxygens (including phenoxy) is 2. The van der Waals surface area contributed by atoms with Crippen LogP contribution in [0, 0.1) is 0 Å². The van der Waals surface area contributed by atoms with Gasteiger partial charge in [0.1, 0.15) is 23.7 Å². The van der Waals surface area contributed by atoms with Crippen molar-refractivity contribution in [2.75, 3.05) is 0 Å². The van der Waals surface area contributed by atoms with Gasteiger partial charge < -0.3 is 9.47 Å². The Balaban J connectivity index is 2.23. The van der Waals surface area contributed by atoms with E-state index in [-0.39, 0.29) is 24.8 Å². The molecule has 0 fully saturated rings. The van der Waals surface area contributed by atoms with E-state index in [0.717, 1.165) is 16.7 Å². The maximum Gasteiger partial charge on any atom is 0.338 e.